The van der Waals surface area contributed by atoms with E-state index in [0.717, 1.165) is 16.2 Å². The van der Waals surface area contributed by atoms with Crippen molar-refractivity contribution in [2.24, 2.45) is 7.05 Å². The number of carbonyl (C=O) groups is 1. The maximum absolute atomic E-state index is 12.1. The lowest BCUT2D eigenvalue weighted by molar-refractivity contribution is 0.0920. The number of nitrogens with zero attached hydrogens (tertiary/aromatic N) is 2. The molecule has 0 radical (unpaired) electrons. The molecular formula is C13H16BrN3O2. The quantitative estimate of drug-likeness (QED) is 0.650. The standard InChI is InChI=1S/C13H16BrN3O2/c1-17-11-5-3-2-4-10(11)12(16-17)13(18)15-7-9-19-8-6-14/h2-5H,6-9H2,1H3,(H,15,18). The molecule has 0 aliphatic carbocycles. The smallest absolute Gasteiger partial charge is 0.272 e. The van der Waals surface area contributed by atoms with E-state index >= 15 is 0 Å². The number of aromatic nitrogens is 2. The van der Waals surface area contributed by atoms with Gasteiger partial charge in [-0.1, -0.05) is 34.1 Å². The van der Waals surface area contributed by atoms with Gasteiger partial charge >= 0.3 is 0 Å². The number of alkyl halides is 1. The Balaban J connectivity index is 2.01. The molecule has 1 aromatic carbocycles. The summed E-state index contributed by atoms with van der Waals surface area (Å²) in [6.45, 7) is 1.63. The molecule has 102 valence electrons. The van der Waals surface area contributed by atoms with Gasteiger partial charge in [0.05, 0.1) is 18.7 Å². The zero-order valence-corrected chi connectivity index (χ0v) is 12.3. The number of rotatable bonds is 6. The molecule has 0 unspecified atom stereocenters. The molecular weight excluding hydrogens is 310 g/mol. The van der Waals surface area contributed by atoms with Crippen LogP contribution in [0.1, 0.15) is 10.5 Å². The second-order valence-electron chi connectivity index (χ2n) is 4.05. The van der Waals surface area contributed by atoms with Gasteiger partial charge in [0.25, 0.3) is 5.91 Å². The number of amides is 1. The number of para-hydroxylation sites is 1. The molecule has 2 rings (SSSR count). The van der Waals surface area contributed by atoms with Crippen molar-refractivity contribution in [3.8, 4) is 0 Å². The summed E-state index contributed by atoms with van der Waals surface area (Å²) in [4.78, 5) is 12.1. The van der Waals surface area contributed by atoms with Crippen molar-refractivity contribution in [2.45, 2.75) is 0 Å². The molecule has 5 nitrogen and oxygen atoms in total. The van der Waals surface area contributed by atoms with Gasteiger partial charge in [0, 0.05) is 24.3 Å². The zero-order chi connectivity index (χ0) is 13.7. The third kappa shape index (κ3) is 3.33. The Labute approximate surface area is 120 Å². The van der Waals surface area contributed by atoms with Crippen LogP contribution in [0.25, 0.3) is 10.9 Å². The lowest BCUT2D eigenvalue weighted by atomic mass is 10.2. The number of ether oxygens (including phenoxy) is 1. The van der Waals surface area contributed by atoms with Crippen LogP contribution in [0.4, 0.5) is 0 Å². The maximum atomic E-state index is 12.1. The molecule has 0 saturated heterocycles. The molecule has 0 fully saturated rings. The van der Waals surface area contributed by atoms with Crippen molar-refractivity contribution in [1.82, 2.24) is 15.1 Å². The van der Waals surface area contributed by atoms with Crippen molar-refractivity contribution in [2.75, 3.05) is 25.1 Å². The minimum absolute atomic E-state index is 0.167. The number of fused-ring (bicyclic) bond motifs is 1. The van der Waals surface area contributed by atoms with Crippen LogP contribution in [-0.4, -0.2) is 40.8 Å². The molecule has 0 atom stereocenters. The molecule has 6 heteroatoms. The fourth-order valence-corrected chi connectivity index (χ4v) is 2.09. The second-order valence-corrected chi connectivity index (χ2v) is 4.84. The molecule has 1 amide bonds. The molecule has 1 N–H and O–H groups in total. The van der Waals surface area contributed by atoms with E-state index in [0.29, 0.717) is 25.5 Å². The van der Waals surface area contributed by atoms with Gasteiger partial charge < -0.3 is 10.1 Å². The second kappa shape index (κ2) is 6.68. The largest absolute Gasteiger partial charge is 0.379 e. The molecule has 0 spiro atoms. The third-order valence-electron chi connectivity index (χ3n) is 2.73. The summed E-state index contributed by atoms with van der Waals surface area (Å²) in [6.07, 6.45) is 0. The topological polar surface area (TPSA) is 56.2 Å². The number of halogens is 1. The number of nitrogens with one attached hydrogen (secondary N) is 1. The lowest BCUT2D eigenvalue weighted by Crippen LogP contribution is -2.28. The molecule has 1 heterocycles. The van der Waals surface area contributed by atoms with E-state index in [1.165, 1.54) is 0 Å². The van der Waals surface area contributed by atoms with Crippen LogP contribution >= 0.6 is 15.9 Å². The van der Waals surface area contributed by atoms with Crippen LogP contribution in [0.2, 0.25) is 0 Å². The predicted molar refractivity (Wildman–Crippen MR) is 77.7 cm³/mol. The summed E-state index contributed by atoms with van der Waals surface area (Å²) in [5, 5.41) is 8.73. The van der Waals surface area contributed by atoms with Gasteiger partial charge in [0.2, 0.25) is 0 Å². The summed E-state index contributed by atoms with van der Waals surface area (Å²) in [5.74, 6) is -0.167. The van der Waals surface area contributed by atoms with E-state index in [4.69, 9.17) is 4.74 Å². The number of hydrogen-bond acceptors (Lipinski definition) is 3. The highest BCUT2D eigenvalue weighted by molar-refractivity contribution is 9.09. The maximum Gasteiger partial charge on any atom is 0.272 e. The molecule has 0 bridgehead atoms. The highest BCUT2D eigenvalue weighted by Crippen LogP contribution is 2.16. The lowest BCUT2D eigenvalue weighted by Gasteiger charge is -2.03. The summed E-state index contributed by atoms with van der Waals surface area (Å²) in [6, 6.07) is 7.68. The number of carbonyl (C=O) groups excluding carboxylic acids is 1. The van der Waals surface area contributed by atoms with Crippen LogP contribution in [0.15, 0.2) is 24.3 Å². The van der Waals surface area contributed by atoms with E-state index in [1.807, 2.05) is 31.3 Å². The first kappa shape index (κ1) is 14.0. The zero-order valence-electron chi connectivity index (χ0n) is 10.7. The Morgan fingerprint density at radius 3 is 3.00 bits per heavy atom. The monoisotopic (exact) mass is 325 g/mol. The number of hydrogen-bond donors (Lipinski definition) is 1. The molecule has 19 heavy (non-hydrogen) atoms. The summed E-state index contributed by atoms with van der Waals surface area (Å²) < 4.78 is 6.99. The van der Waals surface area contributed by atoms with Crippen LogP contribution in [0.3, 0.4) is 0 Å². The highest BCUT2D eigenvalue weighted by Gasteiger charge is 2.14. The van der Waals surface area contributed by atoms with Gasteiger partial charge in [0.15, 0.2) is 5.69 Å². The van der Waals surface area contributed by atoms with Gasteiger partial charge in [-0.25, -0.2) is 0 Å². The van der Waals surface area contributed by atoms with Crippen LogP contribution in [-0.2, 0) is 11.8 Å². The molecule has 0 saturated carbocycles. The van der Waals surface area contributed by atoms with Crippen molar-refractivity contribution in [3.05, 3.63) is 30.0 Å². The summed E-state index contributed by atoms with van der Waals surface area (Å²) in [5.41, 5.74) is 1.40. The minimum atomic E-state index is -0.167. The Bertz CT molecular complexity index is 568. The van der Waals surface area contributed by atoms with Crippen LogP contribution in [0, 0.1) is 0 Å². The van der Waals surface area contributed by atoms with E-state index in [9.17, 15) is 4.79 Å². The Kier molecular flexibility index (Phi) is 4.93. The van der Waals surface area contributed by atoms with Crippen molar-refractivity contribution < 1.29 is 9.53 Å². The van der Waals surface area contributed by atoms with Crippen molar-refractivity contribution >= 4 is 32.7 Å². The Morgan fingerprint density at radius 2 is 2.21 bits per heavy atom. The van der Waals surface area contributed by atoms with Gasteiger partial charge in [-0.3, -0.25) is 9.48 Å². The van der Waals surface area contributed by atoms with Gasteiger partial charge in [-0.2, -0.15) is 5.10 Å². The molecule has 0 aliphatic heterocycles. The average molecular weight is 326 g/mol. The average Bonchev–Trinajstić information content (AvgIpc) is 2.76. The van der Waals surface area contributed by atoms with E-state index in [1.54, 1.807) is 4.68 Å². The van der Waals surface area contributed by atoms with Crippen LogP contribution < -0.4 is 5.32 Å². The van der Waals surface area contributed by atoms with Crippen LogP contribution in [0.5, 0.6) is 0 Å². The van der Waals surface area contributed by atoms with E-state index in [-0.39, 0.29) is 5.91 Å². The summed E-state index contributed by atoms with van der Waals surface area (Å²) >= 11 is 3.27. The first-order valence-corrected chi connectivity index (χ1v) is 7.20. The van der Waals surface area contributed by atoms with Gasteiger partial charge in [0.1, 0.15) is 0 Å². The normalized spacial score (nSPS) is 10.8. The highest BCUT2D eigenvalue weighted by atomic mass is 79.9. The summed E-state index contributed by atoms with van der Waals surface area (Å²) in [7, 11) is 1.83. The number of benzene rings is 1. The fourth-order valence-electron chi connectivity index (χ4n) is 1.86. The molecule has 0 aliphatic rings. The first-order chi connectivity index (χ1) is 9.24. The van der Waals surface area contributed by atoms with Crippen molar-refractivity contribution in [3.63, 3.8) is 0 Å². The third-order valence-corrected chi connectivity index (χ3v) is 3.05. The Hall–Kier alpha value is -1.40. The minimum Gasteiger partial charge on any atom is -0.379 e. The Morgan fingerprint density at radius 1 is 1.42 bits per heavy atom. The van der Waals surface area contributed by atoms with Crippen molar-refractivity contribution in [1.29, 1.82) is 0 Å². The predicted octanol–water partition coefficient (Wildman–Crippen LogP) is 1.71. The van der Waals surface area contributed by atoms with E-state index < -0.39 is 0 Å². The number of aryl methyl sites for hydroxylation is 1. The fraction of sp³-hybridized carbons (Fsp3) is 0.385. The molecule has 2 aromatic rings. The SMILES string of the molecule is Cn1nc(C(=O)NCCOCCBr)c2ccccc21. The first-order valence-electron chi connectivity index (χ1n) is 6.07. The van der Waals surface area contributed by atoms with Gasteiger partial charge in [-0.05, 0) is 6.07 Å². The van der Waals surface area contributed by atoms with Gasteiger partial charge in [-0.15, -0.1) is 0 Å². The van der Waals surface area contributed by atoms with E-state index in [2.05, 4.69) is 26.3 Å². The molecule has 1 aromatic heterocycles.